The van der Waals surface area contributed by atoms with E-state index in [9.17, 15) is 0 Å². The van der Waals surface area contributed by atoms with Crippen molar-refractivity contribution in [2.45, 2.75) is 17.7 Å². The number of hydrogen-bond acceptors (Lipinski definition) is 5. The first kappa shape index (κ1) is 14.5. The predicted molar refractivity (Wildman–Crippen MR) is 95.9 cm³/mol. The predicted octanol–water partition coefficient (Wildman–Crippen LogP) is 5.55. The maximum Gasteiger partial charge on any atom is 0.236 e. The van der Waals surface area contributed by atoms with E-state index in [-0.39, 0.29) is 0 Å². The lowest BCUT2D eigenvalue weighted by Gasteiger charge is -2.05. The molecular formula is C18H14N2OS2. The normalized spacial score (nSPS) is 11.2. The molecule has 0 atom stereocenters. The lowest BCUT2D eigenvalue weighted by Crippen LogP contribution is -1.88. The molecule has 0 spiro atoms. The fourth-order valence-corrected chi connectivity index (χ4v) is 3.93. The summed E-state index contributed by atoms with van der Waals surface area (Å²) in [5, 5.41) is 4.25. The van der Waals surface area contributed by atoms with Crippen molar-refractivity contribution in [3.63, 3.8) is 0 Å². The molecular weight excluding hydrogens is 324 g/mol. The Hall–Kier alpha value is -2.11. The molecule has 0 aliphatic rings. The van der Waals surface area contributed by atoms with Crippen LogP contribution in [0.15, 0.2) is 63.6 Å². The highest BCUT2D eigenvalue weighted by molar-refractivity contribution is 7.98. The van der Waals surface area contributed by atoms with Gasteiger partial charge in [-0.05, 0) is 36.1 Å². The van der Waals surface area contributed by atoms with E-state index in [1.165, 1.54) is 10.9 Å². The fourth-order valence-electron chi connectivity index (χ4n) is 2.43. The third-order valence-electron chi connectivity index (χ3n) is 3.55. The zero-order valence-electron chi connectivity index (χ0n) is 12.5. The molecule has 0 bridgehead atoms. The number of nitrogens with zero attached hydrogens (tertiary/aromatic N) is 2. The molecule has 0 unspecified atom stereocenters. The summed E-state index contributed by atoms with van der Waals surface area (Å²) in [7, 11) is 0. The van der Waals surface area contributed by atoms with Crippen molar-refractivity contribution in [2.75, 3.05) is 0 Å². The molecule has 0 radical (unpaired) electrons. The van der Waals surface area contributed by atoms with Crippen LogP contribution in [0.25, 0.3) is 21.7 Å². The van der Waals surface area contributed by atoms with Gasteiger partial charge in [0.25, 0.3) is 0 Å². The lowest BCUT2D eigenvalue weighted by molar-refractivity contribution is 0.575. The summed E-state index contributed by atoms with van der Waals surface area (Å²) >= 11 is 3.31. The Morgan fingerprint density at radius 2 is 2.04 bits per heavy atom. The van der Waals surface area contributed by atoms with Crippen molar-refractivity contribution in [3.05, 3.63) is 65.4 Å². The van der Waals surface area contributed by atoms with E-state index in [0.29, 0.717) is 5.89 Å². The van der Waals surface area contributed by atoms with Crippen LogP contribution in [0, 0.1) is 6.92 Å². The van der Waals surface area contributed by atoms with E-state index in [2.05, 4.69) is 30.1 Å². The Labute approximate surface area is 142 Å². The third-order valence-corrected chi connectivity index (χ3v) is 5.35. The second-order valence-corrected chi connectivity index (χ2v) is 7.15. The van der Waals surface area contributed by atoms with Crippen LogP contribution in [0.3, 0.4) is 0 Å². The van der Waals surface area contributed by atoms with E-state index in [1.54, 1.807) is 29.4 Å². The molecule has 0 saturated carbocycles. The highest BCUT2D eigenvalue weighted by Crippen LogP contribution is 2.28. The summed E-state index contributed by atoms with van der Waals surface area (Å²) in [6.07, 6.45) is 1.73. The van der Waals surface area contributed by atoms with Gasteiger partial charge in [-0.1, -0.05) is 36.0 Å². The molecule has 23 heavy (non-hydrogen) atoms. The SMILES string of the molecule is Cc1cc(SCc2coc(-c3cccs3)n2)nc2ccccc12. The van der Waals surface area contributed by atoms with Crippen molar-refractivity contribution in [1.82, 2.24) is 9.97 Å². The largest absolute Gasteiger partial charge is 0.444 e. The lowest BCUT2D eigenvalue weighted by atomic mass is 10.1. The molecule has 114 valence electrons. The van der Waals surface area contributed by atoms with Gasteiger partial charge in [0.1, 0.15) is 6.26 Å². The zero-order valence-corrected chi connectivity index (χ0v) is 14.2. The molecule has 0 saturated heterocycles. The van der Waals surface area contributed by atoms with Gasteiger partial charge in [0, 0.05) is 11.1 Å². The Balaban J connectivity index is 1.53. The topological polar surface area (TPSA) is 38.9 Å². The Kier molecular flexibility index (Phi) is 3.89. The van der Waals surface area contributed by atoms with Crippen LogP contribution in [0.2, 0.25) is 0 Å². The van der Waals surface area contributed by atoms with Gasteiger partial charge >= 0.3 is 0 Å². The molecule has 0 aliphatic heterocycles. The van der Waals surface area contributed by atoms with Crippen LogP contribution in [0.1, 0.15) is 11.3 Å². The van der Waals surface area contributed by atoms with Crippen LogP contribution < -0.4 is 0 Å². The molecule has 4 aromatic rings. The van der Waals surface area contributed by atoms with Crippen molar-refractivity contribution < 1.29 is 4.42 Å². The van der Waals surface area contributed by atoms with Gasteiger partial charge in [-0.3, -0.25) is 0 Å². The second-order valence-electron chi connectivity index (χ2n) is 5.20. The number of oxazole rings is 1. The number of thioether (sulfide) groups is 1. The Morgan fingerprint density at radius 1 is 1.13 bits per heavy atom. The number of aromatic nitrogens is 2. The summed E-state index contributed by atoms with van der Waals surface area (Å²) in [4.78, 5) is 10.3. The fraction of sp³-hybridized carbons (Fsp3) is 0.111. The standard InChI is InChI=1S/C18H14N2OS2/c1-12-9-17(20-15-6-3-2-5-14(12)15)23-11-13-10-21-18(19-13)16-7-4-8-22-16/h2-10H,11H2,1H3. The number of thiophene rings is 1. The number of pyridine rings is 1. The average Bonchev–Trinajstić information content (AvgIpc) is 3.24. The molecule has 3 nitrogen and oxygen atoms in total. The summed E-state index contributed by atoms with van der Waals surface area (Å²) in [6, 6.07) is 14.4. The van der Waals surface area contributed by atoms with E-state index >= 15 is 0 Å². The van der Waals surface area contributed by atoms with E-state index in [4.69, 9.17) is 9.40 Å². The second kappa shape index (κ2) is 6.18. The number of rotatable bonds is 4. The molecule has 0 N–H and O–H groups in total. The third kappa shape index (κ3) is 3.02. The molecule has 0 aliphatic carbocycles. The maximum absolute atomic E-state index is 5.56. The van der Waals surface area contributed by atoms with Crippen LogP contribution in [0.5, 0.6) is 0 Å². The van der Waals surface area contributed by atoms with Gasteiger partial charge in [0.2, 0.25) is 5.89 Å². The average molecular weight is 338 g/mol. The minimum Gasteiger partial charge on any atom is -0.444 e. The van der Waals surface area contributed by atoms with Gasteiger partial charge in [0.05, 0.1) is 21.1 Å². The molecule has 1 aromatic carbocycles. The summed E-state index contributed by atoms with van der Waals surface area (Å²) in [5.41, 5.74) is 3.22. The molecule has 4 rings (SSSR count). The van der Waals surface area contributed by atoms with Gasteiger partial charge in [-0.25, -0.2) is 9.97 Å². The summed E-state index contributed by atoms with van der Waals surface area (Å²) < 4.78 is 5.56. The van der Waals surface area contributed by atoms with E-state index < -0.39 is 0 Å². The number of fused-ring (bicyclic) bond motifs is 1. The smallest absolute Gasteiger partial charge is 0.236 e. The first-order valence-electron chi connectivity index (χ1n) is 7.27. The molecule has 0 amide bonds. The maximum atomic E-state index is 5.56. The van der Waals surface area contributed by atoms with Crippen LogP contribution in [0.4, 0.5) is 0 Å². The summed E-state index contributed by atoms with van der Waals surface area (Å²) in [5.74, 6) is 1.44. The first-order chi connectivity index (χ1) is 11.3. The minimum absolute atomic E-state index is 0.693. The summed E-state index contributed by atoms with van der Waals surface area (Å²) in [6.45, 7) is 2.12. The van der Waals surface area contributed by atoms with E-state index in [0.717, 1.165) is 26.9 Å². The molecule has 5 heteroatoms. The molecule has 3 heterocycles. The van der Waals surface area contributed by atoms with Gasteiger partial charge in [-0.2, -0.15) is 0 Å². The molecule has 0 fully saturated rings. The van der Waals surface area contributed by atoms with Crippen LogP contribution in [-0.4, -0.2) is 9.97 Å². The molecule has 3 aromatic heterocycles. The van der Waals surface area contributed by atoms with Crippen molar-refractivity contribution in [3.8, 4) is 10.8 Å². The quantitative estimate of drug-likeness (QED) is 0.457. The van der Waals surface area contributed by atoms with Gasteiger partial charge in [0.15, 0.2) is 0 Å². The number of benzene rings is 1. The minimum atomic E-state index is 0.693. The highest BCUT2D eigenvalue weighted by Gasteiger charge is 2.09. The van der Waals surface area contributed by atoms with Gasteiger partial charge in [-0.15, -0.1) is 11.3 Å². The Bertz CT molecular complexity index is 945. The van der Waals surface area contributed by atoms with Crippen molar-refractivity contribution >= 4 is 34.0 Å². The first-order valence-corrected chi connectivity index (χ1v) is 9.13. The van der Waals surface area contributed by atoms with Gasteiger partial charge < -0.3 is 4.42 Å². The van der Waals surface area contributed by atoms with E-state index in [1.807, 2.05) is 29.6 Å². The zero-order chi connectivity index (χ0) is 15.6. The van der Waals surface area contributed by atoms with Crippen LogP contribution >= 0.6 is 23.1 Å². The number of aryl methyl sites for hydroxylation is 1. The van der Waals surface area contributed by atoms with Crippen molar-refractivity contribution in [1.29, 1.82) is 0 Å². The number of hydrogen-bond donors (Lipinski definition) is 0. The number of para-hydroxylation sites is 1. The highest BCUT2D eigenvalue weighted by atomic mass is 32.2. The monoisotopic (exact) mass is 338 g/mol. The Morgan fingerprint density at radius 3 is 2.91 bits per heavy atom. The van der Waals surface area contributed by atoms with Crippen LogP contribution in [-0.2, 0) is 5.75 Å². The van der Waals surface area contributed by atoms with Crippen molar-refractivity contribution in [2.24, 2.45) is 0 Å².